The highest BCUT2D eigenvalue weighted by atomic mass is 16.6. The molecule has 1 aliphatic rings. The number of hydrogen-bond donors (Lipinski definition) is 1. The summed E-state index contributed by atoms with van der Waals surface area (Å²) in [6.45, 7) is 8.14. The van der Waals surface area contributed by atoms with Crippen molar-refractivity contribution < 1.29 is 14.3 Å². The highest BCUT2D eigenvalue weighted by Gasteiger charge is 2.38. The molecule has 2 atom stereocenters. The molecule has 1 heterocycles. The Morgan fingerprint density at radius 1 is 1.39 bits per heavy atom. The Balaban J connectivity index is 2.70. The fourth-order valence-corrected chi connectivity index (χ4v) is 2.23. The molecule has 0 saturated carbocycles. The molecule has 1 aliphatic heterocycles. The SMILES string of the molecule is CNC(=O)C(C)N1CCC[C@@H]1C(=O)OC(C)(C)C. The molecule has 5 heteroatoms. The van der Waals surface area contributed by atoms with Crippen LogP contribution in [0, 0.1) is 0 Å². The maximum atomic E-state index is 12.1. The van der Waals surface area contributed by atoms with Crippen molar-refractivity contribution in [2.75, 3.05) is 13.6 Å². The molecular formula is C13H24N2O3. The third kappa shape index (κ3) is 3.70. The van der Waals surface area contributed by atoms with E-state index in [0.717, 1.165) is 19.4 Å². The number of esters is 1. The molecule has 0 bridgehead atoms. The Morgan fingerprint density at radius 3 is 2.50 bits per heavy atom. The highest BCUT2D eigenvalue weighted by molar-refractivity contribution is 5.83. The summed E-state index contributed by atoms with van der Waals surface area (Å²) in [7, 11) is 1.61. The van der Waals surface area contributed by atoms with Gasteiger partial charge in [0.25, 0.3) is 0 Å². The van der Waals surface area contributed by atoms with Crippen LogP contribution in [-0.2, 0) is 14.3 Å². The summed E-state index contributed by atoms with van der Waals surface area (Å²) in [5.74, 6) is -0.291. The van der Waals surface area contributed by atoms with Crippen molar-refractivity contribution in [3.8, 4) is 0 Å². The summed E-state index contributed by atoms with van der Waals surface area (Å²) < 4.78 is 5.40. The first-order valence-corrected chi connectivity index (χ1v) is 6.46. The summed E-state index contributed by atoms with van der Waals surface area (Å²) in [4.78, 5) is 25.7. The monoisotopic (exact) mass is 256 g/mol. The molecule has 1 saturated heterocycles. The quantitative estimate of drug-likeness (QED) is 0.763. The maximum absolute atomic E-state index is 12.1. The predicted molar refractivity (Wildman–Crippen MR) is 69.1 cm³/mol. The van der Waals surface area contributed by atoms with Gasteiger partial charge in [-0.2, -0.15) is 0 Å². The second-order valence-electron chi connectivity index (χ2n) is 5.72. The molecule has 0 radical (unpaired) electrons. The zero-order chi connectivity index (χ0) is 13.9. The van der Waals surface area contributed by atoms with E-state index in [1.807, 2.05) is 32.6 Å². The molecule has 0 aliphatic carbocycles. The Kier molecular flexibility index (Phi) is 4.73. The molecule has 104 valence electrons. The molecule has 5 nitrogen and oxygen atoms in total. The number of nitrogens with one attached hydrogen (secondary N) is 1. The predicted octanol–water partition coefficient (Wildman–Crippen LogP) is 0.927. The lowest BCUT2D eigenvalue weighted by Gasteiger charge is -2.30. The third-order valence-corrected chi connectivity index (χ3v) is 3.10. The summed E-state index contributed by atoms with van der Waals surface area (Å²) in [5, 5.41) is 2.62. The van der Waals surface area contributed by atoms with E-state index in [9.17, 15) is 9.59 Å². The van der Waals surface area contributed by atoms with Crippen molar-refractivity contribution >= 4 is 11.9 Å². The number of carbonyl (C=O) groups is 2. The lowest BCUT2D eigenvalue weighted by molar-refractivity contribution is -0.161. The molecule has 0 aromatic carbocycles. The Morgan fingerprint density at radius 2 is 2.00 bits per heavy atom. The zero-order valence-electron chi connectivity index (χ0n) is 11.9. The van der Waals surface area contributed by atoms with Crippen LogP contribution in [0.1, 0.15) is 40.5 Å². The fourth-order valence-electron chi connectivity index (χ4n) is 2.23. The second-order valence-corrected chi connectivity index (χ2v) is 5.72. The smallest absolute Gasteiger partial charge is 0.323 e. The normalized spacial score (nSPS) is 22.6. The number of amides is 1. The first-order chi connectivity index (χ1) is 8.26. The van der Waals surface area contributed by atoms with Crippen LogP contribution in [0.3, 0.4) is 0 Å². The van der Waals surface area contributed by atoms with Gasteiger partial charge in [-0.25, -0.2) is 0 Å². The van der Waals surface area contributed by atoms with Crippen LogP contribution in [0.25, 0.3) is 0 Å². The maximum Gasteiger partial charge on any atom is 0.323 e. The molecule has 0 aromatic heterocycles. The van der Waals surface area contributed by atoms with Gasteiger partial charge in [0, 0.05) is 7.05 Å². The molecule has 1 fully saturated rings. The third-order valence-electron chi connectivity index (χ3n) is 3.10. The van der Waals surface area contributed by atoms with Crippen molar-refractivity contribution in [3.63, 3.8) is 0 Å². The van der Waals surface area contributed by atoms with Crippen molar-refractivity contribution in [1.29, 1.82) is 0 Å². The van der Waals surface area contributed by atoms with Gasteiger partial charge in [0.15, 0.2) is 0 Å². The van der Waals surface area contributed by atoms with Crippen molar-refractivity contribution in [2.24, 2.45) is 0 Å². The molecule has 0 spiro atoms. The number of likely N-dealkylation sites (N-methyl/N-ethyl adjacent to an activating group) is 1. The topological polar surface area (TPSA) is 58.6 Å². The Hall–Kier alpha value is -1.10. The van der Waals surface area contributed by atoms with E-state index in [1.165, 1.54) is 0 Å². The van der Waals surface area contributed by atoms with Gasteiger partial charge in [-0.1, -0.05) is 0 Å². The van der Waals surface area contributed by atoms with E-state index in [-0.39, 0.29) is 24.0 Å². The molecule has 1 N–H and O–H groups in total. The Labute approximate surface area is 109 Å². The van der Waals surface area contributed by atoms with Crippen molar-refractivity contribution in [1.82, 2.24) is 10.2 Å². The minimum atomic E-state index is -0.485. The van der Waals surface area contributed by atoms with Crippen LogP contribution in [0.2, 0.25) is 0 Å². The number of carbonyl (C=O) groups excluding carboxylic acids is 2. The minimum absolute atomic E-state index is 0.0644. The zero-order valence-corrected chi connectivity index (χ0v) is 11.9. The van der Waals surface area contributed by atoms with Gasteiger partial charge in [0.1, 0.15) is 11.6 Å². The summed E-state index contributed by atoms with van der Waals surface area (Å²) >= 11 is 0. The van der Waals surface area contributed by atoms with Crippen LogP contribution >= 0.6 is 0 Å². The molecule has 1 rings (SSSR count). The number of ether oxygens (including phenoxy) is 1. The molecular weight excluding hydrogens is 232 g/mol. The van der Waals surface area contributed by atoms with Gasteiger partial charge in [0.05, 0.1) is 6.04 Å². The van der Waals surface area contributed by atoms with Gasteiger partial charge >= 0.3 is 5.97 Å². The summed E-state index contributed by atoms with van der Waals surface area (Å²) in [6.07, 6.45) is 1.68. The van der Waals surface area contributed by atoms with Crippen LogP contribution in [0.5, 0.6) is 0 Å². The van der Waals surface area contributed by atoms with Gasteiger partial charge in [-0.3, -0.25) is 14.5 Å². The molecule has 1 amide bonds. The van der Waals surface area contributed by atoms with Gasteiger partial charge < -0.3 is 10.1 Å². The fraction of sp³-hybridized carbons (Fsp3) is 0.846. The van der Waals surface area contributed by atoms with E-state index in [0.29, 0.717) is 0 Å². The molecule has 0 aromatic rings. The number of rotatable bonds is 3. The number of hydrogen-bond acceptors (Lipinski definition) is 4. The first kappa shape index (κ1) is 15.0. The van der Waals surface area contributed by atoms with Crippen LogP contribution in [0.15, 0.2) is 0 Å². The first-order valence-electron chi connectivity index (χ1n) is 6.46. The molecule has 1 unspecified atom stereocenters. The largest absolute Gasteiger partial charge is 0.459 e. The van der Waals surface area contributed by atoms with Crippen molar-refractivity contribution in [3.05, 3.63) is 0 Å². The average molecular weight is 256 g/mol. The average Bonchev–Trinajstić information content (AvgIpc) is 2.73. The van der Waals surface area contributed by atoms with E-state index in [2.05, 4.69) is 5.32 Å². The minimum Gasteiger partial charge on any atom is -0.459 e. The number of likely N-dealkylation sites (tertiary alicyclic amines) is 1. The molecule has 18 heavy (non-hydrogen) atoms. The van der Waals surface area contributed by atoms with Crippen LogP contribution < -0.4 is 5.32 Å². The van der Waals surface area contributed by atoms with Gasteiger partial charge in [-0.05, 0) is 47.1 Å². The van der Waals surface area contributed by atoms with E-state index >= 15 is 0 Å². The number of nitrogens with zero attached hydrogens (tertiary/aromatic N) is 1. The summed E-state index contributed by atoms with van der Waals surface area (Å²) in [5.41, 5.74) is -0.485. The standard InChI is InChI=1S/C13H24N2O3/c1-9(11(16)14-5)15-8-6-7-10(15)12(17)18-13(2,3)4/h9-10H,6-8H2,1-5H3,(H,14,16)/t9?,10-/m1/s1. The lowest BCUT2D eigenvalue weighted by atomic mass is 10.1. The van der Waals surface area contributed by atoms with Crippen molar-refractivity contribution in [2.45, 2.75) is 58.2 Å². The van der Waals surface area contributed by atoms with Crippen LogP contribution in [0.4, 0.5) is 0 Å². The van der Waals surface area contributed by atoms with E-state index in [1.54, 1.807) is 7.05 Å². The van der Waals surface area contributed by atoms with Gasteiger partial charge in [0.2, 0.25) is 5.91 Å². The second kappa shape index (κ2) is 5.69. The van der Waals surface area contributed by atoms with Crippen LogP contribution in [-0.4, -0.2) is 48.1 Å². The van der Waals surface area contributed by atoms with E-state index in [4.69, 9.17) is 4.74 Å². The van der Waals surface area contributed by atoms with E-state index < -0.39 is 5.60 Å². The summed E-state index contributed by atoms with van der Waals surface area (Å²) in [6, 6.07) is -0.591. The van der Waals surface area contributed by atoms with Gasteiger partial charge in [-0.15, -0.1) is 0 Å². The lowest BCUT2D eigenvalue weighted by Crippen LogP contribution is -2.50. The Bertz CT molecular complexity index is 323. The highest BCUT2D eigenvalue weighted by Crippen LogP contribution is 2.23.